The number of benzene rings is 1. The largest absolute Gasteiger partial charge is 0.489 e. The van der Waals surface area contributed by atoms with Crippen molar-refractivity contribution in [1.29, 1.82) is 0 Å². The van der Waals surface area contributed by atoms with E-state index >= 15 is 0 Å². The van der Waals surface area contributed by atoms with Crippen molar-refractivity contribution in [3.8, 4) is 5.75 Å². The summed E-state index contributed by atoms with van der Waals surface area (Å²) in [5.74, 6) is 1.78. The number of piperidine rings is 1. The van der Waals surface area contributed by atoms with Gasteiger partial charge in [-0.1, -0.05) is 24.6 Å². The van der Waals surface area contributed by atoms with Crippen molar-refractivity contribution in [2.24, 2.45) is 4.99 Å². The van der Waals surface area contributed by atoms with Gasteiger partial charge in [0.25, 0.3) is 0 Å². The summed E-state index contributed by atoms with van der Waals surface area (Å²) in [6, 6.07) is 8.68. The molecule has 0 spiro atoms. The van der Waals surface area contributed by atoms with Gasteiger partial charge in [-0.2, -0.15) is 0 Å². The van der Waals surface area contributed by atoms with Crippen LogP contribution in [0.4, 0.5) is 0 Å². The average molecular weight is 474 g/mol. The second-order valence-corrected chi connectivity index (χ2v) is 6.95. The lowest BCUT2D eigenvalue weighted by atomic mass is 10.1. The van der Waals surface area contributed by atoms with Crippen LogP contribution in [-0.2, 0) is 0 Å². The number of nitrogens with zero attached hydrogens (tertiary/aromatic N) is 2. The quantitative estimate of drug-likeness (QED) is 0.361. The van der Waals surface area contributed by atoms with Crippen LogP contribution >= 0.6 is 24.0 Å². The fourth-order valence-electron chi connectivity index (χ4n) is 3.14. The summed E-state index contributed by atoms with van der Waals surface area (Å²) >= 11 is 0. The van der Waals surface area contributed by atoms with Crippen molar-refractivity contribution in [2.75, 3.05) is 33.2 Å². The first-order chi connectivity index (χ1) is 12.1. The molecule has 0 bridgehead atoms. The van der Waals surface area contributed by atoms with E-state index in [0.29, 0.717) is 6.04 Å². The number of guanidine groups is 1. The highest BCUT2D eigenvalue weighted by atomic mass is 127. The Labute approximate surface area is 176 Å². The van der Waals surface area contributed by atoms with Gasteiger partial charge in [0.2, 0.25) is 0 Å². The molecule has 2 rings (SSSR count). The van der Waals surface area contributed by atoms with Gasteiger partial charge in [-0.25, -0.2) is 0 Å². The molecule has 1 atom stereocenters. The zero-order valence-corrected chi connectivity index (χ0v) is 19.0. The highest BCUT2D eigenvalue weighted by Crippen LogP contribution is 2.13. The number of aryl methyl sites for hydroxylation is 1. The molecule has 1 aliphatic heterocycles. The summed E-state index contributed by atoms with van der Waals surface area (Å²) in [5.41, 5.74) is 1.24. The standard InChI is InChI=1S/C20H34N4O.HI/c1-5-12-24-13-10-18(11-14-24)23-20(21-4)22-15-17(3)25-19-8-6-16(2)7-9-19;/h6-9,17-18H,5,10-15H2,1-4H3,(H2,21,22,23);1H. The first-order valence-corrected chi connectivity index (χ1v) is 9.53. The number of likely N-dealkylation sites (tertiary alicyclic amines) is 1. The Morgan fingerprint density at radius 2 is 1.92 bits per heavy atom. The molecule has 1 unspecified atom stereocenters. The van der Waals surface area contributed by atoms with E-state index in [0.717, 1.165) is 18.3 Å². The molecule has 26 heavy (non-hydrogen) atoms. The van der Waals surface area contributed by atoms with Gasteiger partial charge in [-0.15, -0.1) is 24.0 Å². The van der Waals surface area contributed by atoms with Crippen molar-refractivity contribution < 1.29 is 4.74 Å². The van der Waals surface area contributed by atoms with E-state index in [-0.39, 0.29) is 30.1 Å². The maximum Gasteiger partial charge on any atom is 0.191 e. The second kappa shape index (κ2) is 12.4. The van der Waals surface area contributed by atoms with Gasteiger partial charge in [-0.05, 0) is 51.8 Å². The Morgan fingerprint density at radius 1 is 1.27 bits per heavy atom. The number of aliphatic imine (C=N–C) groups is 1. The Bertz CT molecular complexity index is 527. The van der Waals surface area contributed by atoms with E-state index in [4.69, 9.17) is 4.74 Å². The molecule has 148 valence electrons. The lowest BCUT2D eigenvalue weighted by Crippen LogP contribution is -2.50. The number of halogens is 1. The van der Waals surface area contributed by atoms with Gasteiger partial charge in [0, 0.05) is 26.2 Å². The van der Waals surface area contributed by atoms with Crippen LogP contribution < -0.4 is 15.4 Å². The van der Waals surface area contributed by atoms with Gasteiger partial charge in [0.1, 0.15) is 11.9 Å². The number of ether oxygens (including phenoxy) is 1. The van der Waals surface area contributed by atoms with Crippen LogP contribution in [0.5, 0.6) is 5.75 Å². The molecule has 0 aromatic heterocycles. The molecule has 1 aromatic carbocycles. The highest BCUT2D eigenvalue weighted by molar-refractivity contribution is 14.0. The maximum absolute atomic E-state index is 5.94. The first-order valence-electron chi connectivity index (χ1n) is 9.53. The third-order valence-electron chi connectivity index (χ3n) is 4.61. The summed E-state index contributed by atoms with van der Waals surface area (Å²) < 4.78 is 5.94. The van der Waals surface area contributed by atoms with Crippen molar-refractivity contribution >= 4 is 29.9 Å². The minimum Gasteiger partial charge on any atom is -0.489 e. The third-order valence-corrected chi connectivity index (χ3v) is 4.61. The third kappa shape index (κ3) is 8.12. The summed E-state index contributed by atoms with van der Waals surface area (Å²) in [7, 11) is 1.83. The lowest BCUT2D eigenvalue weighted by molar-refractivity contribution is 0.205. The Hall–Kier alpha value is -1.02. The number of hydrogen-bond donors (Lipinski definition) is 2. The highest BCUT2D eigenvalue weighted by Gasteiger charge is 2.19. The molecule has 1 aliphatic rings. The molecular formula is C20H35IN4O. The number of hydrogen-bond acceptors (Lipinski definition) is 3. The predicted molar refractivity (Wildman–Crippen MR) is 121 cm³/mol. The van der Waals surface area contributed by atoms with E-state index in [1.165, 1.54) is 44.5 Å². The molecule has 6 heteroatoms. The Morgan fingerprint density at radius 3 is 2.50 bits per heavy atom. The van der Waals surface area contributed by atoms with Crippen LogP contribution in [0.15, 0.2) is 29.3 Å². The minimum absolute atomic E-state index is 0. The summed E-state index contributed by atoms with van der Waals surface area (Å²) in [6.45, 7) is 10.7. The van der Waals surface area contributed by atoms with Crippen LogP contribution in [0.2, 0.25) is 0 Å². The average Bonchev–Trinajstić information content (AvgIpc) is 2.62. The van der Waals surface area contributed by atoms with Crippen LogP contribution in [-0.4, -0.2) is 56.2 Å². The number of rotatable bonds is 7. The SMILES string of the molecule is CCCN1CCC(NC(=NC)NCC(C)Oc2ccc(C)cc2)CC1.I. The van der Waals surface area contributed by atoms with Crippen molar-refractivity contribution in [1.82, 2.24) is 15.5 Å². The van der Waals surface area contributed by atoms with Crippen LogP contribution in [0.3, 0.4) is 0 Å². The van der Waals surface area contributed by atoms with Gasteiger partial charge >= 0.3 is 0 Å². The van der Waals surface area contributed by atoms with E-state index in [9.17, 15) is 0 Å². The first kappa shape index (κ1) is 23.0. The Kier molecular flexibility index (Phi) is 11.0. The monoisotopic (exact) mass is 474 g/mol. The topological polar surface area (TPSA) is 48.9 Å². The van der Waals surface area contributed by atoms with E-state index in [1.54, 1.807) is 0 Å². The van der Waals surface area contributed by atoms with Crippen LogP contribution in [0.1, 0.15) is 38.7 Å². The second-order valence-electron chi connectivity index (χ2n) is 6.95. The van der Waals surface area contributed by atoms with Gasteiger partial charge in [-0.3, -0.25) is 4.99 Å². The molecule has 0 amide bonds. The normalized spacial score (nSPS) is 17.3. The van der Waals surface area contributed by atoms with E-state index in [2.05, 4.69) is 53.4 Å². The molecule has 5 nitrogen and oxygen atoms in total. The van der Waals surface area contributed by atoms with Crippen molar-refractivity contribution in [2.45, 2.75) is 52.2 Å². The van der Waals surface area contributed by atoms with E-state index < -0.39 is 0 Å². The van der Waals surface area contributed by atoms with Crippen molar-refractivity contribution in [3.05, 3.63) is 29.8 Å². The molecule has 2 N–H and O–H groups in total. The molecule has 0 aliphatic carbocycles. The molecule has 0 saturated carbocycles. The number of nitrogens with one attached hydrogen (secondary N) is 2. The van der Waals surface area contributed by atoms with Crippen molar-refractivity contribution in [3.63, 3.8) is 0 Å². The summed E-state index contributed by atoms with van der Waals surface area (Å²) in [4.78, 5) is 6.90. The Balaban J connectivity index is 0.00000338. The molecule has 1 fully saturated rings. The summed E-state index contributed by atoms with van der Waals surface area (Å²) in [6.07, 6.45) is 3.67. The molecule has 1 aromatic rings. The van der Waals surface area contributed by atoms with Crippen LogP contribution in [0, 0.1) is 6.92 Å². The fraction of sp³-hybridized carbons (Fsp3) is 0.650. The molecular weight excluding hydrogens is 439 g/mol. The lowest BCUT2D eigenvalue weighted by Gasteiger charge is -2.33. The smallest absolute Gasteiger partial charge is 0.191 e. The van der Waals surface area contributed by atoms with Crippen LogP contribution in [0.25, 0.3) is 0 Å². The predicted octanol–water partition coefficient (Wildman–Crippen LogP) is 3.42. The van der Waals surface area contributed by atoms with E-state index in [1.807, 2.05) is 19.2 Å². The zero-order chi connectivity index (χ0) is 18.1. The molecule has 1 heterocycles. The van der Waals surface area contributed by atoms with Gasteiger partial charge < -0.3 is 20.3 Å². The van der Waals surface area contributed by atoms with Gasteiger partial charge in [0.05, 0.1) is 6.54 Å². The summed E-state index contributed by atoms with van der Waals surface area (Å²) in [5, 5.41) is 6.94. The minimum atomic E-state index is 0. The molecule has 1 saturated heterocycles. The van der Waals surface area contributed by atoms with Gasteiger partial charge in [0.15, 0.2) is 5.96 Å². The molecule has 0 radical (unpaired) electrons. The zero-order valence-electron chi connectivity index (χ0n) is 16.6. The fourth-order valence-corrected chi connectivity index (χ4v) is 3.14. The maximum atomic E-state index is 5.94.